The summed E-state index contributed by atoms with van der Waals surface area (Å²) in [4.78, 5) is 2.50. The smallest absolute Gasteiger partial charge is 0.161 e. The topological polar surface area (TPSA) is 47.7 Å². The van der Waals surface area contributed by atoms with Gasteiger partial charge in [0.2, 0.25) is 0 Å². The molecule has 2 N–H and O–H groups in total. The van der Waals surface area contributed by atoms with E-state index in [2.05, 4.69) is 29.2 Å². The summed E-state index contributed by atoms with van der Waals surface area (Å²) in [5.41, 5.74) is 8.29. The summed E-state index contributed by atoms with van der Waals surface area (Å²) in [5, 5.41) is 0. The van der Waals surface area contributed by atoms with Crippen molar-refractivity contribution in [2.75, 3.05) is 26.7 Å². The van der Waals surface area contributed by atoms with Crippen molar-refractivity contribution in [2.24, 2.45) is 5.73 Å². The highest BCUT2D eigenvalue weighted by molar-refractivity contribution is 5.85. The summed E-state index contributed by atoms with van der Waals surface area (Å²) >= 11 is 0. The van der Waals surface area contributed by atoms with Gasteiger partial charge in [0, 0.05) is 19.6 Å². The Labute approximate surface area is 174 Å². The van der Waals surface area contributed by atoms with Gasteiger partial charge in [-0.3, -0.25) is 4.90 Å². The molecule has 2 aromatic carbocycles. The Bertz CT molecular complexity index is 659. The number of likely N-dealkylation sites (tertiary alicyclic amines) is 1. The van der Waals surface area contributed by atoms with Crippen molar-refractivity contribution < 1.29 is 9.47 Å². The molecule has 0 amide bonds. The fourth-order valence-corrected chi connectivity index (χ4v) is 3.32. The van der Waals surface area contributed by atoms with Crippen LogP contribution in [0.25, 0.3) is 0 Å². The molecule has 2 aromatic rings. The molecule has 150 valence electrons. The van der Waals surface area contributed by atoms with E-state index in [9.17, 15) is 0 Å². The quantitative estimate of drug-likeness (QED) is 0.743. The monoisotopic (exact) mass is 412 g/mol. The lowest BCUT2D eigenvalue weighted by molar-refractivity contribution is 0.0943. The van der Waals surface area contributed by atoms with Gasteiger partial charge in [-0.05, 0) is 49.1 Å². The van der Waals surface area contributed by atoms with E-state index in [1.54, 1.807) is 7.11 Å². The zero-order chi connectivity index (χ0) is 17.5. The minimum absolute atomic E-state index is 0. The van der Waals surface area contributed by atoms with Gasteiger partial charge in [0.15, 0.2) is 11.5 Å². The van der Waals surface area contributed by atoms with Gasteiger partial charge in [-0.15, -0.1) is 24.8 Å². The Balaban J connectivity index is 0.00000182. The van der Waals surface area contributed by atoms with Gasteiger partial charge in [0.25, 0.3) is 0 Å². The number of piperidine rings is 1. The third-order valence-corrected chi connectivity index (χ3v) is 4.76. The molecule has 0 bridgehead atoms. The summed E-state index contributed by atoms with van der Waals surface area (Å²) < 4.78 is 11.5. The minimum atomic E-state index is 0. The van der Waals surface area contributed by atoms with Crippen LogP contribution in [0.2, 0.25) is 0 Å². The molecule has 1 saturated heterocycles. The Kier molecular flexibility index (Phi) is 10.6. The molecular formula is C21H30Cl2N2O2. The molecule has 1 aliphatic heterocycles. The first kappa shape index (κ1) is 23.6. The first-order valence-corrected chi connectivity index (χ1v) is 9.08. The maximum Gasteiger partial charge on any atom is 0.161 e. The van der Waals surface area contributed by atoms with Gasteiger partial charge in [0.05, 0.1) is 7.11 Å². The number of hydrogen-bond acceptors (Lipinski definition) is 4. The lowest BCUT2D eigenvalue weighted by atomic mass is 10.1. The number of hydrogen-bond donors (Lipinski definition) is 1. The van der Waals surface area contributed by atoms with Gasteiger partial charge >= 0.3 is 0 Å². The van der Waals surface area contributed by atoms with E-state index in [1.807, 2.05) is 24.3 Å². The van der Waals surface area contributed by atoms with Gasteiger partial charge in [-0.1, -0.05) is 36.4 Å². The third kappa shape index (κ3) is 6.89. The highest BCUT2D eigenvalue weighted by Gasteiger charge is 2.21. The van der Waals surface area contributed by atoms with Crippen LogP contribution in [0.5, 0.6) is 11.5 Å². The molecule has 1 heterocycles. The van der Waals surface area contributed by atoms with Crippen LogP contribution in [0.4, 0.5) is 0 Å². The second-order valence-electron chi connectivity index (χ2n) is 6.60. The second-order valence-corrected chi connectivity index (χ2v) is 6.60. The number of methoxy groups -OCH3 is 1. The zero-order valence-electron chi connectivity index (χ0n) is 15.8. The molecule has 0 radical (unpaired) electrons. The Morgan fingerprint density at radius 1 is 0.926 bits per heavy atom. The standard InChI is InChI=1S/C21H28N2O2.2ClH/c1-24-20-4-2-3-5-21(20)25-19-11-14-23(15-12-19)16-18-8-6-17(7-9-18)10-13-22;;/h2-9,19H,10-16,22H2,1H3;2*1H. The average Bonchev–Trinajstić information content (AvgIpc) is 2.66. The van der Waals surface area contributed by atoms with E-state index in [0.29, 0.717) is 6.54 Å². The first-order chi connectivity index (χ1) is 12.3. The third-order valence-electron chi connectivity index (χ3n) is 4.76. The Morgan fingerprint density at radius 3 is 2.11 bits per heavy atom. The van der Waals surface area contributed by atoms with Crippen molar-refractivity contribution in [3.8, 4) is 11.5 Å². The Morgan fingerprint density at radius 2 is 1.52 bits per heavy atom. The number of benzene rings is 2. The highest BCUT2D eigenvalue weighted by Crippen LogP contribution is 2.29. The first-order valence-electron chi connectivity index (χ1n) is 9.08. The maximum absolute atomic E-state index is 6.15. The van der Waals surface area contributed by atoms with Crippen LogP contribution in [0.15, 0.2) is 48.5 Å². The average molecular weight is 413 g/mol. The van der Waals surface area contributed by atoms with E-state index in [0.717, 1.165) is 50.4 Å². The molecule has 0 aliphatic carbocycles. The molecule has 0 saturated carbocycles. The fourth-order valence-electron chi connectivity index (χ4n) is 3.32. The molecule has 4 nitrogen and oxygen atoms in total. The molecule has 0 spiro atoms. The summed E-state index contributed by atoms with van der Waals surface area (Å²) in [6.07, 6.45) is 3.30. The fraction of sp³-hybridized carbons (Fsp3) is 0.429. The van der Waals surface area contributed by atoms with Crippen molar-refractivity contribution in [1.29, 1.82) is 0 Å². The maximum atomic E-state index is 6.15. The number of nitrogens with two attached hydrogens (primary N) is 1. The van der Waals surface area contributed by atoms with E-state index >= 15 is 0 Å². The molecule has 1 fully saturated rings. The Hall–Kier alpha value is -1.46. The summed E-state index contributed by atoms with van der Waals surface area (Å²) in [6.45, 7) is 3.83. The second kappa shape index (κ2) is 12.1. The lowest BCUT2D eigenvalue weighted by Gasteiger charge is -2.32. The van der Waals surface area contributed by atoms with Crippen LogP contribution in [0.3, 0.4) is 0 Å². The van der Waals surface area contributed by atoms with Crippen LogP contribution < -0.4 is 15.2 Å². The number of nitrogens with zero attached hydrogens (tertiary/aromatic N) is 1. The van der Waals surface area contributed by atoms with Crippen LogP contribution >= 0.6 is 24.8 Å². The SMILES string of the molecule is COc1ccccc1OC1CCN(Cc2ccc(CCN)cc2)CC1.Cl.Cl. The van der Waals surface area contributed by atoms with Crippen molar-refractivity contribution in [2.45, 2.75) is 31.9 Å². The summed E-state index contributed by atoms with van der Waals surface area (Å²) in [7, 11) is 1.68. The molecule has 0 aromatic heterocycles. The molecule has 0 unspecified atom stereocenters. The van der Waals surface area contributed by atoms with E-state index in [-0.39, 0.29) is 30.9 Å². The lowest BCUT2D eigenvalue weighted by Crippen LogP contribution is -2.37. The summed E-state index contributed by atoms with van der Waals surface area (Å²) in [5.74, 6) is 1.65. The molecule has 27 heavy (non-hydrogen) atoms. The normalized spacial score (nSPS) is 14.7. The van der Waals surface area contributed by atoms with Crippen molar-refractivity contribution in [1.82, 2.24) is 4.90 Å². The summed E-state index contributed by atoms with van der Waals surface area (Å²) in [6, 6.07) is 16.7. The highest BCUT2D eigenvalue weighted by atomic mass is 35.5. The van der Waals surface area contributed by atoms with Crippen molar-refractivity contribution >= 4 is 24.8 Å². The molecule has 6 heteroatoms. The number of para-hydroxylation sites is 2. The van der Waals surface area contributed by atoms with E-state index < -0.39 is 0 Å². The zero-order valence-corrected chi connectivity index (χ0v) is 17.4. The molecular weight excluding hydrogens is 383 g/mol. The van der Waals surface area contributed by atoms with E-state index in [4.69, 9.17) is 15.2 Å². The molecule has 3 rings (SSSR count). The molecule has 0 atom stereocenters. The molecule has 1 aliphatic rings. The largest absolute Gasteiger partial charge is 0.493 e. The minimum Gasteiger partial charge on any atom is -0.493 e. The number of ether oxygens (including phenoxy) is 2. The predicted molar refractivity (Wildman–Crippen MR) is 116 cm³/mol. The van der Waals surface area contributed by atoms with Crippen LogP contribution in [-0.4, -0.2) is 37.7 Å². The van der Waals surface area contributed by atoms with Gasteiger partial charge < -0.3 is 15.2 Å². The number of rotatable bonds is 7. The van der Waals surface area contributed by atoms with E-state index in [1.165, 1.54) is 11.1 Å². The van der Waals surface area contributed by atoms with Gasteiger partial charge in [-0.25, -0.2) is 0 Å². The van der Waals surface area contributed by atoms with Crippen LogP contribution in [0, 0.1) is 0 Å². The van der Waals surface area contributed by atoms with Gasteiger partial charge in [0.1, 0.15) is 6.10 Å². The van der Waals surface area contributed by atoms with Gasteiger partial charge in [-0.2, -0.15) is 0 Å². The number of halogens is 2. The van der Waals surface area contributed by atoms with Crippen molar-refractivity contribution in [3.05, 3.63) is 59.7 Å². The predicted octanol–water partition coefficient (Wildman–Crippen LogP) is 4.08. The van der Waals surface area contributed by atoms with Crippen LogP contribution in [-0.2, 0) is 13.0 Å². The van der Waals surface area contributed by atoms with Crippen LogP contribution in [0.1, 0.15) is 24.0 Å². The van der Waals surface area contributed by atoms with Crippen molar-refractivity contribution in [3.63, 3.8) is 0 Å².